The van der Waals surface area contributed by atoms with Crippen LogP contribution in [0, 0.1) is 11.7 Å². The van der Waals surface area contributed by atoms with Crippen LogP contribution in [-0.4, -0.2) is 43.7 Å². The van der Waals surface area contributed by atoms with Gasteiger partial charge in [0.1, 0.15) is 11.9 Å². The second kappa shape index (κ2) is 6.71. The number of halogens is 3. The Bertz CT molecular complexity index is 578. The minimum atomic E-state index is -0.544. The van der Waals surface area contributed by atoms with Gasteiger partial charge in [-0.25, -0.2) is 4.39 Å². The molecule has 1 amide bonds. The second-order valence-corrected chi connectivity index (χ2v) is 6.31. The standard InChI is InChI=1S/C15H16Cl2FNO3/c16-11-6-12(17)13(18)5-10(11)14-7-19(2-4-22-14)15(20)9-1-3-21-8-9/h5-6,9,14H,1-4,7-8H2. The number of hydrogen-bond donors (Lipinski definition) is 0. The molecule has 2 aliphatic heterocycles. The lowest BCUT2D eigenvalue weighted by atomic mass is 10.0. The van der Waals surface area contributed by atoms with Crippen LogP contribution in [0.4, 0.5) is 4.39 Å². The Hall–Kier alpha value is -0.880. The first kappa shape index (κ1) is 16.0. The van der Waals surface area contributed by atoms with E-state index in [4.69, 9.17) is 32.7 Å². The maximum Gasteiger partial charge on any atom is 0.228 e. The summed E-state index contributed by atoms with van der Waals surface area (Å²) in [6, 6.07) is 2.64. The molecule has 0 aromatic heterocycles. The molecule has 7 heteroatoms. The summed E-state index contributed by atoms with van der Waals surface area (Å²) in [5.74, 6) is -0.565. The number of benzene rings is 1. The molecular weight excluding hydrogens is 332 g/mol. The van der Waals surface area contributed by atoms with Crippen LogP contribution in [-0.2, 0) is 14.3 Å². The number of rotatable bonds is 2. The van der Waals surface area contributed by atoms with E-state index in [1.54, 1.807) is 4.90 Å². The van der Waals surface area contributed by atoms with Crippen molar-refractivity contribution in [3.05, 3.63) is 33.6 Å². The van der Waals surface area contributed by atoms with Crippen molar-refractivity contribution in [1.82, 2.24) is 4.90 Å². The summed E-state index contributed by atoms with van der Waals surface area (Å²) in [4.78, 5) is 14.2. The molecule has 0 saturated carbocycles. The van der Waals surface area contributed by atoms with E-state index in [9.17, 15) is 9.18 Å². The number of morpholine rings is 1. The normalized spacial score (nSPS) is 25.5. The summed E-state index contributed by atoms with van der Waals surface area (Å²) >= 11 is 11.8. The van der Waals surface area contributed by atoms with Crippen LogP contribution < -0.4 is 0 Å². The molecule has 120 valence electrons. The van der Waals surface area contributed by atoms with E-state index in [-0.39, 0.29) is 16.8 Å². The Balaban J connectivity index is 1.75. The molecule has 0 radical (unpaired) electrons. The van der Waals surface area contributed by atoms with Gasteiger partial charge in [0.25, 0.3) is 0 Å². The molecule has 2 fully saturated rings. The number of nitrogens with zero attached hydrogens (tertiary/aromatic N) is 1. The van der Waals surface area contributed by atoms with Crippen LogP contribution in [0.15, 0.2) is 12.1 Å². The van der Waals surface area contributed by atoms with Crippen molar-refractivity contribution in [2.75, 3.05) is 32.9 Å². The van der Waals surface area contributed by atoms with Gasteiger partial charge in [-0.1, -0.05) is 23.2 Å². The Kier molecular flexibility index (Phi) is 4.88. The highest BCUT2D eigenvalue weighted by Crippen LogP contribution is 2.33. The maximum absolute atomic E-state index is 13.7. The van der Waals surface area contributed by atoms with E-state index >= 15 is 0 Å². The summed E-state index contributed by atoms with van der Waals surface area (Å²) in [6.07, 6.45) is 0.302. The highest BCUT2D eigenvalue weighted by atomic mass is 35.5. The van der Waals surface area contributed by atoms with Gasteiger partial charge in [0.05, 0.1) is 30.7 Å². The van der Waals surface area contributed by atoms with Crippen molar-refractivity contribution in [2.45, 2.75) is 12.5 Å². The molecule has 0 bridgehead atoms. The average Bonchev–Trinajstić information content (AvgIpc) is 3.04. The van der Waals surface area contributed by atoms with Crippen LogP contribution in [0.1, 0.15) is 18.1 Å². The van der Waals surface area contributed by atoms with E-state index in [0.29, 0.717) is 43.5 Å². The highest BCUT2D eigenvalue weighted by molar-refractivity contribution is 6.35. The quantitative estimate of drug-likeness (QED) is 0.771. The lowest BCUT2D eigenvalue weighted by Crippen LogP contribution is -2.45. The van der Waals surface area contributed by atoms with Gasteiger partial charge in [-0.2, -0.15) is 0 Å². The summed E-state index contributed by atoms with van der Waals surface area (Å²) in [5.41, 5.74) is 0.517. The van der Waals surface area contributed by atoms with Crippen molar-refractivity contribution in [1.29, 1.82) is 0 Å². The van der Waals surface area contributed by atoms with Crippen molar-refractivity contribution in [3.8, 4) is 0 Å². The number of hydrogen-bond acceptors (Lipinski definition) is 3. The minimum absolute atomic E-state index is 0.0272. The number of carbonyl (C=O) groups excluding carboxylic acids is 1. The van der Waals surface area contributed by atoms with Gasteiger partial charge in [0.15, 0.2) is 0 Å². The molecule has 4 nitrogen and oxygen atoms in total. The zero-order chi connectivity index (χ0) is 15.7. The Morgan fingerprint density at radius 1 is 1.27 bits per heavy atom. The molecular formula is C15H16Cl2FNO3. The number of ether oxygens (including phenoxy) is 2. The summed E-state index contributed by atoms with van der Waals surface area (Å²) in [5, 5.41) is 0.315. The molecule has 2 aliphatic rings. The van der Waals surface area contributed by atoms with Crippen LogP contribution in [0.3, 0.4) is 0 Å². The smallest absolute Gasteiger partial charge is 0.228 e. The van der Waals surface area contributed by atoms with Gasteiger partial charge >= 0.3 is 0 Å². The van der Waals surface area contributed by atoms with Crippen LogP contribution in [0.25, 0.3) is 0 Å². The average molecular weight is 348 g/mol. The first-order valence-electron chi connectivity index (χ1n) is 7.19. The first-order valence-corrected chi connectivity index (χ1v) is 7.94. The molecule has 0 aliphatic carbocycles. The zero-order valence-corrected chi connectivity index (χ0v) is 13.4. The van der Waals surface area contributed by atoms with Gasteiger partial charge in [0.2, 0.25) is 5.91 Å². The molecule has 22 heavy (non-hydrogen) atoms. The molecule has 0 spiro atoms. The summed E-state index contributed by atoms with van der Waals surface area (Å²) in [6.45, 7) is 2.37. The van der Waals surface area contributed by atoms with Gasteiger partial charge in [-0.05, 0) is 18.6 Å². The largest absolute Gasteiger partial charge is 0.381 e. The Morgan fingerprint density at radius 3 is 2.82 bits per heavy atom. The highest BCUT2D eigenvalue weighted by Gasteiger charge is 2.32. The number of carbonyl (C=O) groups is 1. The van der Waals surface area contributed by atoms with Crippen molar-refractivity contribution >= 4 is 29.1 Å². The third-order valence-corrected chi connectivity index (χ3v) is 4.66. The van der Waals surface area contributed by atoms with Crippen LogP contribution in [0.2, 0.25) is 10.0 Å². The minimum Gasteiger partial charge on any atom is -0.381 e. The van der Waals surface area contributed by atoms with Crippen molar-refractivity contribution in [3.63, 3.8) is 0 Å². The molecule has 2 unspecified atom stereocenters. The lowest BCUT2D eigenvalue weighted by Gasteiger charge is -2.34. The molecule has 3 rings (SSSR count). The van der Waals surface area contributed by atoms with Gasteiger partial charge in [-0.15, -0.1) is 0 Å². The van der Waals surface area contributed by atoms with Gasteiger partial charge in [-0.3, -0.25) is 4.79 Å². The van der Waals surface area contributed by atoms with E-state index in [1.165, 1.54) is 12.1 Å². The van der Waals surface area contributed by atoms with Gasteiger partial charge < -0.3 is 14.4 Å². The van der Waals surface area contributed by atoms with E-state index in [2.05, 4.69) is 0 Å². The van der Waals surface area contributed by atoms with Gasteiger partial charge in [0, 0.05) is 23.7 Å². The Labute approximate surface area is 138 Å². The molecule has 0 N–H and O–H groups in total. The van der Waals surface area contributed by atoms with Crippen molar-refractivity contribution < 1.29 is 18.7 Å². The topological polar surface area (TPSA) is 38.8 Å². The Morgan fingerprint density at radius 2 is 2.09 bits per heavy atom. The maximum atomic E-state index is 13.7. The predicted molar refractivity (Wildman–Crippen MR) is 80.6 cm³/mol. The third-order valence-electron chi connectivity index (χ3n) is 4.04. The molecule has 1 aromatic rings. The fourth-order valence-electron chi connectivity index (χ4n) is 2.81. The molecule has 2 saturated heterocycles. The fourth-order valence-corrected chi connectivity index (χ4v) is 3.31. The van der Waals surface area contributed by atoms with Crippen LogP contribution in [0.5, 0.6) is 0 Å². The number of amides is 1. The lowest BCUT2D eigenvalue weighted by molar-refractivity contribution is -0.143. The summed E-state index contributed by atoms with van der Waals surface area (Å²) in [7, 11) is 0. The zero-order valence-electron chi connectivity index (χ0n) is 11.9. The summed E-state index contributed by atoms with van der Waals surface area (Å²) < 4.78 is 24.6. The second-order valence-electron chi connectivity index (χ2n) is 5.49. The fraction of sp³-hybridized carbons (Fsp3) is 0.533. The van der Waals surface area contributed by atoms with E-state index in [0.717, 1.165) is 6.42 Å². The van der Waals surface area contributed by atoms with E-state index in [1.807, 2.05) is 0 Å². The SMILES string of the molecule is O=C(C1CCOC1)N1CCOC(c2cc(F)c(Cl)cc2Cl)C1. The van der Waals surface area contributed by atoms with Crippen LogP contribution >= 0.6 is 23.2 Å². The molecule has 2 heterocycles. The predicted octanol–water partition coefficient (Wildman–Crippen LogP) is 3.07. The monoisotopic (exact) mass is 347 g/mol. The first-order chi connectivity index (χ1) is 10.6. The third kappa shape index (κ3) is 3.23. The molecule has 2 atom stereocenters. The molecule has 1 aromatic carbocycles. The van der Waals surface area contributed by atoms with Crippen molar-refractivity contribution in [2.24, 2.45) is 5.92 Å². The van der Waals surface area contributed by atoms with E-state index < -0.39 is 11.9 Å².